The minimum absolute atomic E-state index is 0.314. The van der Waals surface area contributed by atoms with Gasteiger partial charge in [-0.15, -0.1) is 0 Å². The first-order valence-electron chi connectivity index (χ1n) is 6.37. The van der Waals surface area contributed by atoms with Crippen molar-refractivity contribution in [2.45, 2.75) is 6.61 Å². The molecule has 21 heavy (non-hydrogen) atoms. The number of ether oxygens (including phenoxy) is 3. The number of hydrogen-bond donors (Lipinski definition) is 1. The normalized spacial score (nSPS) is 10.0. The van der Waals surface area contributed by atoms with Crippen molar-refractivity contribution in [1.29, 1.82) is 0 Å². The second kappa shape index (κ2) is 6.95. The number of rotatable bonds is 6. The summed E-state index contributed by atoms with van der Waals surface area (Å²) in [5, 5.41) is 0. The van der Waals surface area contributed by atoms with Gasteiger partial charge in [0.05, 0.1) is 19.8 Å². The van der Waals surface area contributed by atoms with Crippen LogP contribution in [0.3, 0.4) is 0 Å². The van der Waals surface area contributed by atoms with E-state index >= 15 is 0 Å². The Morgan fingerprint density at radius 3 is 2.24 bits per heavy atom. The van der Waals surface area contributed by atoms with Gasteiger partial charge in [0, 0.05) is 0 Å². The summed E-state index contributed by atoms with van der Waals surface area (Å²) in [6, 6.07) is 13.1. The number of thiocarbonyl (C=S) groups is 1. The lowest BCUT2D eigenvalue weighted by Gasteiger charge is -2.11. The third-order valence-electron chi connectivity index (χ3n) is 3.00. The van der Waals surface area contributed by atoms with E-state index in [0.717, 1.165) is 22.6 Å². The minimum Gasteiger partial charge on any atom is -0.497 e. The van der Waals surface area contributed by atoms with Gasteiger partial charge in [0.15, 0.2) is 0 Å². The van der Waals surface area contributed by atoms with Crippen LogP contribution in [0.15, 0.2) is 42.5 Å². The monoisotopic (exact) mass is 303 g/mol. The SMILES string of the molecule is COc1ccc(OCc2ccc(C(N)=S)c(OC)c2)cc1. The molecule has 0 unspecified atom stereocenters. The lowest BCUT2D eigenvalue weighted by molar-refractivity contribution is 0.304. The first kappa shape index (κ1) is 15.1. The fourth-order valence-electron chi connectivity index (χ4n) is 1.87. The van der Waals surface area contributed by atoms with Crippen LogP contribution in [0.4, 0.5) is 0 Å². The standard InChI is InChI=1S/C16H17NO3S/c1-18-12-4-6-13(7-5-12)20-10-11-3-8-14(16(17)21)15(9-11)19-2/h3-9H,10H2,1-2H3,(H2,17,21). The van der Waals surface area contributed by atoms with Gasteiger partial charge >= 0.3 is 0 Å². The fourth-order valence-corrected chi connectivity index (χ4v) is 2.04. The molecular weight excluding hydrogens is 286 g/mol. The molecule has 2 aromatic carbocycles. The number of hydrogen-bond acceptors (Lipinski definition) is 4. The summed E-state index contributed by atoms with van der Waals surface area (Å²) < 4.78 is 16.1. The lowest BCUT2D eigenvalue weighted by atomic mass is 10.1. The summed E-state index contributed by atoms with van der Waals surface area (Å²) in [7, 11) is 3.22. The van der Waals surface area contributed by atoms with Gasteiger partial charge in [0.1, 0.15) is 28.8 Å². The van der Waals surface area contributed by atoms with Crippen molar-refractivity contribution in [2.24, 2.45) is 5.73 Å². The van der Waals surface area contributed by atoms with Crippen LogP contribution in [-0.2, 0) is 6.61 Å². The Morgan fingerprint density at radius 2 is 1.67 bits per heavy atom. The Morgan fingerprint density at radius 1 is 1.00 bits per heavy atom. The molecule has 0 bridgehead atoms. The zero-order valence-electron chi connectivity index (χ0n) is 12.0. The van der Waals surface area contributed by atoms with Crippen LogP contribution in [0.2, 0.25) is 0 Å². The van der Waals surface area contributed by atoms with E-state index in [1.807, 2.05) is 42.5 Å². The predicted octanol–water partition coefficient (Wildman–Crippen LogP) is 2.92. The van der Waals surface area contributed by atoms with E-state index in [4.69, 9.17) is 32.2 Å². The fraction of sp³-hybridized carbons (Fsp3) is 0.188. The van der Waals surface area contributed by atoms with Crippen LogP contribution < -0.4 is 19.9 Å². The summed E-state index contributed by atoms with van der Waals surface area (Å²) in [6.45, 7) is 0.431. The quantitative estimate of drug-likeness (QED) is 0.832. The van der Waals surface area contributed by atoms with Crippen LogP contribution in [0.25, 0.3) is 0 Å². The average Bonchev–Trinajstić information content (AvgIpc) is 2.52. The summed E-state index contributed by atoms with van der Waals surface area (Å²) in [5.74, 6) is 2.22. The molecular formula is C16H17NO3S. The highest BCUT2D eigenvalue weighted by Crippen LogP contribution is 2.22. The molecule has 2 aromatic rings. The first-order chi connectivity index (χ1) is 10.1. The minimum atomic E-state index is 0.314. The van der Waals surface area contributed by atoms with Gasteiger partial charge < -0.3 is 19.9 Å². The summed E-state index contributed by atoms with van der Waals surface area (Å²) in [6.07, 6.45) is 0. The summed E-state index contributed by atoms with van der Waals surface area (Å²) in [4.78, 5) is 0.314. The maximum atomic E-state index is 5.72. The number of methoxy groups -OCH3 is 2. The third-order valence-corrected chi connectivity index (χ3v) is 3.22. The Hall–Kier alpha value is -2.27. The van der Waals surface area contributed by atoms with Gasteiger partial charge in [-0.3, -0.25) is 0 Å². The Labute approximate surface area is 129 Å². The van der Waals surface area contributed by atoms with Crippen molar-refractivity contribution in [1.82, 2.24) is 0 Å². The smallest absolute Gasteiger partial charge is 0.129 e. The second-order valence-electron chi connectivity index (χ2n) is 4.36. The van der Waals surface area contributed by atoms with Crippen molar-refractivity contribution < 1.29 is 14.2 Å². The molecule has 2 N–H and O–H groups in total. The molecule has 5 heteroatoms. The van der Waals surface area contributed by atoms with Crippen molar-refractivity contribution in [3.05, 3.63) is 53.6 Å². The zero-order valence-corrected chi connectivity index (χ0v) is 12.8. The third kappa shape index (κ3) is 3.86. The molecule has 0 saturated carbocycles. The Kier molecular flexibility index (Phi) is 5.00. The highest BCUT2D eigenvalue weighted by Gasteiger charge is 2.07. The molecule has 0 amide bonds. The second-order valence-corrected chi connectivity index (χ2v) is 4.80. The van der Waals surface area contributed by atoms with Crippen molar-refractivity contribution in [3.8, 4) is 17.2 Å². The van der Waals surface area contributed by atoms with E-state index in [9.17, 15) is 0 Å². The molecule has 4 nitrogen and oxygen atoms in total. The van der Waals surface area contributed by atoms with E-state index in [2.05, 4.69) is 0 Å². The maximum Gasteiger partial charge on any atom is 0.129 e. The van der Waals surface area contributed by atoms with E-state index in [1.165, 1.54) is 0 Å². The highest BCUT2D eigenvalue weighted by atomic mass is 32.1. The summed E-state index contributed by atoms with van der Waals surface area (Å²) in [5.41, 5.74) is 7.34. The largest absolute Gasteiger partial charge is 0.497 e. The Balaban J connectivity index is 2.07. The molecule has 0 heterocycles. The highest BCUT2D eigenvalue weighted by molar-refractivity contribution is 7.80. The van der Waals surface area contributed by atoms with Crippen LogP contribution in [0, 0.1) is 0 Å². The van der Waals surface area contributed by atoms with Gasteiger partial charge in [0.25, 0.3) is 0 Å². The molecule has 0 saturated heterocycles. The van der Waals surface area contributed by atoms with Crippen LogP contribution >= 0.6 is 12.2 Å². The maximum absolute atomic E-state index is 5.72. The van der Waals surface area contributed by atoms with Gasteiger partial charge in [0.2, 0.25) is 0 Å². The predicted molar refractivity (Wildman–Crippen MR) is 86.2 cm³/mol. The molecule has 0 aliphatic heterocycles. The van der Waals surface area contributed by atoms with Gasteiger partial charge in [-0.1, -0.05) is 18.3 Å². The molecule has 0 atom stereocenters. The molecule has 2 rings (SSSR count). The topological polar surface area (TPSA) is 53.7 Å². The molecule has 0 aliphatic rings. The molecule has 0 fully saturated rings. The molecule has 0 aromatic heterocycles. The van der Waals surface area contributed by atoms with E-state index in [0.29, 0.717) is 17.3 Å². The number of nitrogens with two attached hydrogens (primary N) is 1. The van der Waals surface area contributed by atoms with Crippen molar-refractivity contribution in [2.75, 3.05) is 14.2 Å². The molecule has 0 aliphatic carbocycles. The van der Waals surface area contributed by atoms with Crippen LogP contribution in [-0.4, -0.2) is 19.2 Å². The van der Waals surface area contributed by atoms with E-state index < -0.39 is 0 Å². The first-order valence-corrected chi connectivity index (χ1v) is 6.78. The number of benzene rings is 2. The summed E-state index contributed by atoms with van der Waals surface area (Å²) >= 11 is 4.98. The average molecular weight is 303 g/mol. The van der Waals surface area contributed by atoms with Crippen molar-refractivity contribution in [3.63, 3.8) is 0 Å². The lowest BCUT2D eigenvalue weighted by Crippen LogP contribution is -2.11. The van der Waals surface area contributed by atoms with Gasteiger partial charge in [-0.05, 0) is 42.0 Å². The molecule has 110 valence electrons. The molecule has 0 spiro atoms. The van der Waals surface area contributed by atoms with E-state index in [-0.39, 0.29) is 0 Å². The van der Waals surface area contributed by atoms with Crippen molar-refractivity contribution >= 4 is 17.2 Å². The van der Waals surface area contributed by atoms with Gasteiger partial charge in [-0.25, -0.2) is 0 Å². The van der Waals surface area contributed by atoms with E-state index in [1.54, 1.807) is 14.2 Å². The van der Waals surface area contributed by atoms with Gasteiger partial charge in [-0.2, -0.15) is 0 Å². The Bertz CT molecular complexity index is 626. The molecule has 0 radical (unpaired) electrons. The zero-order chi connectivity index (χ0) is 15.2. The van der Waals surface area contributed by atoms with Crippen LogP contribution in [0.1, 0.15) is 11.1 Å². The van der Waals surface area contributed by atoms with Crippen LogP contribution in [0.5, 0.6) is 17.2 Å².